The van der Waals surface area contributed by atoms with Crippen LogP contribution in [-0.2, 0) is 19.6 Å². The van der Waals surface area contributed by atoms with E-state index in [9.17, 15) is 18.0 Å². The summed E-state index contributed by atoms with van der Waals surface area (Å²) in [6.07, 6.45) is 3.21. The summed E-state index contributed by atoms with van der Waals surface area (Å²) >= 11 is 0. The minimum Gasteiger partial charge on any atom is -0.368 e. The van der Waals surface area contributed by atoms with Crippen molar-refractivity contribution < 1.29 is 22.5 Å². The minimum absolute atomic E-state index is 0.0256. The lowest BCUT2D eigenvalue weighted by atomic mass is 10.0. The van der Waals surface area contributed by atoms with E-state index in [1.807, 2.05) is 0 Å². The molecule has 1 aromatic heterocycles. The number of nitrogens with one attached hydrogen (secondary N) is 1. The first-order valence-electron chi connectivity index (χ1n) is 9.91. The molecule has 0 aliphatic carbocycles. The number of rotatable bonds is 6. The summed E-state index contributed by atoms with van der Waals surface area (Å²) in [4.78, 5) is 28.2. The molecule has 2 fully saturated rings. The molecule has 2 atom stereocenters. The first-order chi connectivity index (χ1) is 13.6. The highest BCUT2D eigenvalue weighted by Gasteiger charge is 2.37. The lowest BCUT2D eigenvalue weighted by Gasteiger charge is -2.39. The predicted molar refractivity (Wildman–Crippen MR) is 104 cm³/mol. The van der Waals surface area contributed by atoms with E-state index in [1.165, 1.54) is 13.8 Å². The van der Waals surface area contributed by atoms with Crippen LogP contribution in [0.25, 0.3) is 0 Å². The highest BCUT2D eigenvalue weighted by molar-refractivity contribution is 7.89. The topological polar surface area (TPSA) is 139 Å². The van der Waals surface area contributed by atoms with E-state index in [-0.39, 0.29) is 40.2 Å². The van der Waals surface area contributed by atoms with Crippen LogP contribution >= 0.6 is 0 Å². The normalized spacial score (nSPS) is 22.7. The fourth-order valence-electron chi connectivity index (χ4n) is 4.42. The van der Waals surface area contributed by atoms with Crippen molar-refractivity contribution in [2.24, 2.45) is 5.73 Å². The van der Waals surface area contributed by atoms with E-state index in [1.54, 1.807) is 11.8 Å². The minimum atomic E-state index is -3.92. The van der Waals surface area contributed by atoms with Crippen molar-refractivity contribution in [2.75, 3.05) is 19.6 Å². The molecule has 2 amide bonds. The first kappa shape index (κ1) is 21.7. The zero-order valence-electron chi connectivity index (χ0n) is 17.1. The molecular weight excluding hydrogens is 398 g/mol. The molecule has 1 aromatic rings. The Morgan fingerprint density at radius 1 is 1.21 bits per heavy atom. The molecule has 0 spiro atoms. The van der Waals surface area contributed by atoms with E-state index in [0.717, 1.165) is 32.2 Å². The third-order valence-corrected chi connectivity index (χ3v) is 7.59. The Balaban J connectivity index is 1.58. The average Bonchev–Trinajstić information content (AvgIpc) is 3.28. The molecule has 10 nitrogen and oxygen atoms in total. The van der Waals surface area contributed by atoms with E-state index >= 15 is 0 Å². The molecule has 0 radical (unpaired) electrons. The van der Waals surface area contributed by atoms with Gasteiger partial charge >= 0.3 is 0 Å². The molecule has 2 aliphatic heterocycles. The van der Waals surface area contributed by atoms with Crippen LogP contribution in [0.1, 0.15) is 44.1 Å². The van der Waals surface area contributed by atoms with Gasteiger partial charge in [-0.3, -0.25) is 14.5 Å². The molecule has 0 aromatic carbocycles. The molecule has 162 valence electrons. The number of aromatic nitrogens is 1. The molecular formula is C18H29N5O5S. The molecule has 29 heavy (non-hydrogen) atoms. The summed E-state index contributed by atoms with van der Waals surface area (Å²) in [5.74, 6) is -0.375. The van der Waals surface area contributed by atoms with E-state index in [0.29, 0.717) is 13.1 Å². The van der Waals surface area contributed by atoms with Crippen molar-refractivity contribution in [2.45, 2.75) is 69.5 Å². The van der Waals surface area contributed by atoms with E-state index in [2.05, 4.69) is 14.8 Å². The van der Waals surface area contributed by atoms with Crippen LogP contribution in [0.3, 0.4) is 0 Å². The second-order valence-corrected chi connectivity index (χ2v) is 9.50. The van der Waals surface area contributed by atoms with Crippen LogP contribution < -0.4 is 10.5 Å². The van der Waals surface area contributed by atoms with Gasteiger partial charge in [0.1, 0.15) is 10.6 Å². The molecule has 3 rings (SSSR count). The van der Waals surface area contributed by atoms with Crippen LogP contribution in [-0.4, -0.2) is 72.9 Å². The maximum absolute atomic E-state index is 12.8. The summed E-state index contributed by atoms with van der Waals surface area (Å²) in [6, 6.07) is -0.910. The number of primary amides is 1. The highest BCUT2D eigenvalue weighted by Crippen LogP contribution is 2.26. The number of likely N-dealkylation sites (tertiary alicyclic amines) is 2. The van der Waals surface area contributed by atoms with Gasteiger partial charge in [-0.2, -0.15) is 4.72 Å². The van der Waals surface area contributed by atoms with Crippen LogP contribution in [0.15, 0.2) is 9.42 Å². The lowest BCUT2D eigenvalue weighted by Crippen LogP contribution is -2.54. The molecule has 2 aliphatic rings. The predicted octanol–water partition coefficient (Wildman–Crippen LogP) is -0.101. The summed E-state index contributed by atoms with van der Waals surface area (Å²) in [5.41, 5.74) is 5.76. The fraction of sp³-hybridized carbons (Fsp3) is 0.722. The second-order valence-electron chi connectivity index (χ2n) is 7.85. The van der Waals surface area contributed by atoms with E-state index < -0.39 is 16.1 Å². The van der Waals surface area contributed by atoms with Crippen LogP contribution in [0, 0.1) is 13.8 Å². The second kappa shape index (κ2) is 8.41. The van der Waals surface area contributed by atoms with Crippen LogP contribution in [0.2, 0.25) is 0 Å². The lowest BCUT2D eigenvalue weighted by molar-refractivity contribution is -0.134. The van der Waals surface area contributed by atoms with Gasteiger partial charge in [0, 0.05) is 19.1 Å². The van der Waals surface area contributed by atoms with Crippen molar-refractivity contribution >= 4 is 21.8 Å². The zero-order chi connectivity index (χ0) is 21.3. The zero-order valence-corrected chi connectivity index (χ0v) is 17.9. The number of carbonyl (C=O) groups excluding carboxylic acids is 2. The van der Waals surface area contributed by atoms with Crippen LogP contribution in [0.4, 0.5) is 0 Å². The monoisotopic (exact) mass is 427 g/mol. The maximum atomic E-state index is 12.8. The molecule has 11 heteroatoms. The number of piperidine rings is 1. The third kappa shape index (κ3) is 4.46. The standard InChI is InChI=1S/C18H29N5O5S/c1-11-16(13(3)28-20-11)29(26,27)21-12(2)18(25)22-9-6-14(7-10-22)23-8-4-5-15(23)17(19)24/h12,14-15,21H,4-10H2,1-3H3,(H2,19,24)/t12-,15?/m1/s1. The molecule has 2 saturated heterocycles. The number of sulfonamides is 1. The van der Waals surface area contributed by atoms with Gasteiger partial charge in [0.25, 0.3) is 0 Å². The Morgan fingerprint density at radius 2 is 1.86 bits per heavy atom. The number of amides is 2. The summed E-state index contributed by atoms with van der Waals surface area (Å²) in [5, 5.41) is 3.66. The Kier molecular flexibility index (Phi) is 6.30. The Morgan fingerprint density at radius 3 is 2.41 bits per heavy atom. The van der Waals surface area contributed by atoms with Crippen molar-refractivity contribution in [3.63, 3.8) is 0 Å². The quantitative estimate of drug-likeness (QED) is 0.646. The largest absolute Gasteiger partial charge is 0.368 e. The van der Waals surface area contributed by atoms with Gasteiger partial charge < -0.3 is 15.2 Å². The Labute approximate surface area is 170 Å². The Hall–Kier alpha value is -1.98. The number of aryl methyl sites for hydroxylation is 2. The van der Waals surface area contributed by atoms with Gasteiger partial charge in [0.15, 0.2) is 5.76 Å². The van der Waals surface area contributed by atoms with Gasteiger partial charge in [-0.1, -0.05) is 5.16 Å². The SMILES string of the molecule is Cc1noc(C)c1S(=O)(=O)N[C@H](C)C(=O)N1CCC(N2CCCC2C(N)=O)CC1. The molecule has 0 bridgehead atoms. The van der Waals surface area contributed by atoms with Gasteiger partial charge in [-0.15, -0.1) is 0 Å². The summed E-state index contributed by atoms with van der Waals surface area (Å²) < 4.78 is 32.6. The fourth-order valence-corrected chi connectivity index (χ4v) is 5.95. The van der Waals surface area contributed by atoms with Gasteiger partial charge in [0.2, 0.25) is 21.8 Å². The highest BCUT2D eigenvalue weighted by atomic mass is 32.2. The van der Waals surface area contributed by atoms with Crippen molar-refractivity contribution in [1.29, 1.82) is 0 Å². The number of nitrogens with two attached hydrogens (primary N) is 1. The van der Waals surface area contributed by atoms with Gasteiger partial charge in [-0.05, 0) is 53.0 Å². The average molecular weight is 428 g/mol. The van der Waals surface area contributed by atoms with E-state index in [4.69, 9.17) is 10.3 Å². The van der Waals surface area contributed by atoms with Crippen molar-refractivity contribution in [3.8, 4) is 0 Å². The van der Waals surface area contributed by atoms with Gasteiger partial charge in [-0.25, -0.2) is 8.42 Å². The summed E-state index contributed by atoms with van der Waals surface area (Å²) in [6.45, 7) is 6.48. The van der Waals surface area contributed by atoms with Gasteiger partial charge in [0.05, 0.1) is 12.1 Å². The smallest absolute Gasteiger partial charge is 0.246 e. The number of carbonyl (C=O) groups is 2. The van der Waals surface area contributed by atoms with Crippen molar-refractivity contribution in [3.05, 3.63) is 11.5 Å². The number of hydrogen-bond donors (Lipinski definition) is 2. The van der Waals surface area contributed by atoms with Crippen molar-refractivity contribution in [1.82, 2.24) is 19.7 Å². The molecule has 1 unspecified atom stereocenters. The van der Waals surface area contributed by atoms with Crippen LogP contribution in [0.5, 0.6) is 0 Å². The summed E-state index contributed by atoms with van der Waals surface area (Å²) in [7, 11) is -3.92. The molecule has 0 saturated carbocycles. The first-order valence-corrected chi connectivity index (χ1v) is 11.4. The number of nitrogens with zero attached hydrogens (tertiary/aromatic N) is 3. The maximum Gasteiger partial charge on any atom is 0.246 e. The number of hydrogen-bond acceptors (Lipinski definition) is 7. The molecule has 3 N–H and O–H groups in total. The Bertz CT molecular complexity index is 856. The molecule has 3 heterocycles. The third-order valence-electron chi connectivity index (χ3n) is 5.81.